The topological polar surface area (TPSA) is 15.6 Å². The number of rotatable bonds is 1. The fraction of sp³-hybridized carbons (Fsp3) is 0.375. The van der Waals surface area contributed by atoms with Gasteiger partial charge in [-0.25, -0.2) is 4.99 Å². The number of halogens is 4. The second-order valence-electron chi connectivity index (χ2n) is 3.16. The third-order valence-corrected chi connectivity index (χ3v) is 3.75. The Morgan fingerprint density at radius 1 is 1.41 bits per heavy atom. The molecule has 2 heterocycles. The van der Waals surface area contributed by atoms with Crippen LogP contribution < -0.4 is 0 Å². The number of hydrogen-bond donors (Lipinski definition) is 0. The molecule has 2 rings (SSSR count). The van der Waals surface area contributed by atoms with Crippen molar-refractivity contribution in [2.75, 3.05) is 13.3 Å². The van der Waals surface area contributed by atoms with Crippen molar-refractivity contribution < 1.29 is 17.3 Å². The van der Waals surface area contributed by atoms with Crippen molar-refractivity contribution in [3.8, 4) is 0 Å². The van der Waals surface area contributed by atoms with Crippen LogP contribution in [-0.2, 0) is 0 Å². The SMILES string of the molecule is CSC1=C2C=CSC2N(C)C=N1.F[B-](F)(F)F. The third kappa shape index (κ3) is 4.67. The molecule has 2 nitrogen and oxygen atoms in total. The van der Waals surface area contributed by atoms with Gasteiger partial charge in [-0.3, -0.25) is 0 Å². The normalized spacial score (nSPS) is 22.5. The third-order valence-electron chi connectivity index (χ3n) is 1.89. The first-order valence-corrected chi connectivity index (χ1v) is 6.73. The summed E-state index contributed by atoms with van der Waals surface area (Å²) in [7, 11) is -3.94. The molecule has 0 saturated carbocycles. The molecule has 1 unspecified atom stereocenters. The van der Waals surface area contributed by atoms with Gasteiger partial charge >= 0.3 is 7.25 Å². The van der Waals surface area contributed by atoms with E-state index in [1.165, 1.54) is 5.57 Å². The van der Waals surface area contributed by atoms with E-state index in [-0.39, 0.29) is 0 Å². The molecule has 0 saturated heterocycles. The molecule has 96 valence electrons. The summed E-state index contributed by atoms with van der Waals surface area (Å²) in [5.74, 6) is 0. The molecule has 0 aromatic carbocycles. The average molecular weight is 285 g/mol. The molecule has 0 aliphatic carbocycles. The molecule has 0 aromatic heterocycles. The molecular weight excluding hydrogens is 275 g/mol. The van der Waals surface area contributed by atoms with E-state index >= 15 is 0 Å². The van der Waals surface area contributed by atoms with E-state index in [0.717, 1.165) is 5.03 Å². The second kappa shape index (κ2) is 5.86. The first-order valence-electron chi connectivity index (χ1n) is 4.56. The molecule has 0 amide bonds. The molecule has 1 atom stereocenters. The lowest BCUT2D eigenvalue weighted by molar-refractivity contribution is 0.368. The molecular formula is C8H10BF4N2S2-. The fourth-order valence-corrected chi connectivity index (χ4v) is 2.88. The molecule has 0 aromatic rings. The van der Waals surface area contributed by atoms with Gasteiger partial charge in [0, 0.05) is 12.6 Å². The minimum atomic E-state index is -6.00. The second-order valence-corrected chi connectivity index (χ2v) is 4.95. The predicted octanol–water partition coefficient (Wildman–Crippen LogP) is 3.42. The Kier molecular flexibility index (Phi) is 4.99. The van der Waals surface area contributed by atoms with Crippen LogP contribution in [-0.4, -0.2) is 37.2 Å². The zero-order valence-electron chi connectivity index (χ0n) is 9.11. The molecule has 0 radical (unpaired) electrons. The van der Waals surface area contributed by atoms with Crippen molar-refractivity contribution in [1.82, 2.24) is 4.90 Å². The lowest BCUT2D eigenvalue weighted by atomic mass is 10.2. The highest BCUT2D eigenvalue weighted by Gasteiger charge is 2.25. The van der Waals surface area contributed by atoms with Crippen molar-refractivity contribution in [3.63, 3.8) is 0 Å². The predicted molar refractivity (Wildman–Crippen MR) is 67.5 cm³/mol. The average Bonchev–Trinajstić information content (AvgIpc) is 2.65. The number of aliphatic imine (C=N–C) groups is 1. The molecule has 2 aliphatic heterocycles. The molecule has 9 heteroatoms. The number of hydrogen-bond acceptors (Lipinski definition) is 4. The summed E-state index contributed by atoms with van der Waals surface area (Å²) in [6.45, 7) is 0. The van der Waals surface area contributed by atoms with Gasteiger partial charge in [-0.1, -0.05) is 0 Å². The van der Waals surface area contributed by atoms with Gasteiger partial charge in [0.2, 0.25) is 0 Å². The maximum Gasteiger partial charge on any atom is 0.673 e. The van der Waals surface area contributed by atoms with E-state index < -0.39 is 7.25 Å². The highest BCUT2D eigenvalue weighted by atomic mass is 32.2. The molecule has 0 fully saturated rings. The first kappa shape index (κ1) is 14.5. The monoisotopic (exact) mass is 285 g/mol. The van der Waals surface area contributed by atoms with Crippen molar-refractivity contribution in [1.29, 1.82) is 0 Å². The lowest BCUT2D eigenvalue weighted by Crippen LogP contribution is -2.30. The largest absolute Gasteiger partial charge is 0.673 e. The van der Waals surface area contributed by atoms with Crippen molar-refractivity contribution >= 4 is 37.1 Å². The Bertz CT molecular complexity index is 361. The highest BCUT2D eigenvalue weighted by Crippen LogP contribution is 2.37. The minimum Gasteiger partial charge on any atom is -0.418 e. The summed E-state index contributed by atoms with van der Waals surface area (Å²) in [4.78, 5) is 6.49. The fourth-order valence-electron chi connectivity index (χ4n) is 1.28. The summed E-state index contributed by atoms with van der Waals surface area (Å²) in [6, 6.07) is 0. The highest BCUT2D eigenvalue weighted by molar-refractivity contribution is 8.04. The van der Waals surface area contributed by atoms with Gasteiger partial charge in [-0.15, -0.1) is 23.5 Å². The standard InChI is InChI=1S/C8H10N2S2.BF4/c1-10-5-9-7(11-2)6-3-4-12-8(6)10;2-1(3,4)5/h3-5,8H,1-2H3;/q;-1. The van der Waals surface area contributed by atoms with E-state index in [2.05, 4.69) is 34.7 Å². The molecule has 2 aliphatic rings. The smallest absolute Gasteiger partial charge is 0.418 e. The van der Waals surface area contributed by atoms with E-state index in [4.69, 9.17) is 0 Å². The quantitative estimate of drug-likeness (QED) is 0.542. The van der Waals surface area contributed by atoms with Crippen molar-refractivity contribution in [3.05, 3.63) is 22.1 Å². The summed E-state index contributed by atoms with van der Waals surface area (Å²) in [6.07, 6.45) is 6.13. The van der Waals surface area contributed by atoms with Crippen LogP contribution in [0.5, 0.6) is 0 Å². The van der Waals surface area contributed by atoms with Gasteiger partial charge in [0.25, 0.3) is 0 Å². The Labute approximate surface area is 105 Å². The molecule has 0 bridgehead atoms. The maximum absolute atomic E-state index is 9.75. The van der Waals surface area contributed by atoms with Crippen LogP contribution in [0.25, 0.3) is 0 Å². The summed E-state index contributed by atoms with van der Waals surface area (Å²) in [5, 5.41) is 3.76. The number of thioether (sulfide) groups is 2. The summed E-state index contributed by atoms with van der Waals surface area (Å²) in [5.41, 5.74) is 1.34. The van der Waals surface area contributed by atoms with E-state index in [1.54, 1.807) is 11.8 Å². The number of likely N-dealkylation sites (N-methyl/N-ethyl adjacent to an activating group) is 1. The van der Waals surface area contributed by atoms with E-state index in [1.807, 2.05) is 18.1 Å². The maximum atomic E-state index is 9.75. The molecule has 0 spiro atoms. The van der Waals surface area contributed by atoms with E-state index in [0.29, 0.717) is 5.37 Å². The minimum absolute atomic E-state index is 0.463. The van der Waals surface area contributed by atoms with Gasteiger partial charge in [-0.05, 0) is 17.7 Å². The number of nitrogens with zero attached hydrogens (tertiary/aromatic N) is 2. The lowest BCUT2D eigenvalue weighted by Gasteiger charge is -2.26. The van der Waals surface area contributed by atoms with Crippen molar-refractivity contribution in [2.24, 2.45) is 4.99 Å². The van der Waals surface area contributed by atoms with Crippen LogP contribution in [0.15, 0.2) is 27.1 Å². The Morgan fingerprint density at radius 2 is 2.00 bits per heavy atom. The van der Waals surface area contributed by atoms with Crippen LogP contribution in [0.4, 0.5) is 17.3 Å². The van der Waals surface area contributed by atoms with Gasteiger partial charge in [-0.2, -0.15) is 0 Å². The Balaban J connectivity index is 0.000000249. The van der Waals surface area contributed by atoms with Crippen LogP contribution in [0.3, 0.4) is 0 Å². The molecule has 0 N–H and O–H groups in total. The van der Waals surface area contributed by atoms with Gasteiger partial charge in [0.15, 0.2) is 0 Å². The Morgan fingerprint density at radius 3 is 2.53 bits per heavy atom. The zero-order chi connectivity index (χ0) is 13.1. The number of fused-ring (bicyclic) bond motifs is 1. The molecule has 17 heavy (non-hydrogen) atoms. The van der Waals surface area contributed by atoms with Crippen molar-refractivity contribution in [2.45, 2.75) is 5.37 Å². The van der Waals surface area contributed by atoms with Gasteiger partial charge < -0.3 is 22.2 Å². The zero-order valence-corrected chi connectivity index (χ0v) is 10.7. The van der Waals surface area contributed by atoms with Crippen LogP contribution in [0.1, 0.15) is 0 Å². The summed E-state index contributed by atoms with van der Waals surface area (Å²) < 4.78 is 39.0. The first-order chi connectivity index (χ1) is 7.83. The van der Waals surface area contributed by atoms with Crippen LogP contribution in [0.2, 0.25) is 0 Å². The van der Waals surface area contributed by atoms with Crippen LogP contribution in [0, 0.1) is 0 Å². The van der Waals surface area contributed by atoms with Crippen LogP contribution >= 0.6 is 23.5 Å². The van der Waals surface area contributed by atoms with E-state index in [9.17, 15) is 17.3 Å². The summed E-state index contributed by atoms with van der Waals surface area (Å²) >= 11 is 3.55. The van der Waals surface area contributed by atoms with Gasteiger partial charge in [0.05, 0.1) is 6.34 Å². The Hall–Kier alpha value is -0.565. The van der Waals surface area contributed by atoms with Gasteiger partial charge in [0.1, 0.15) is 10.4 Å².